The minimum atomic E-state index is -0.656. The van der Waals surface area contributed by atoms with Gasteiger partial charge in [-0.15, -0.1) is 0 Å². The van der Waals surface area contributed by atoms with Crippen molar-refractivity contribution >= 4 is 46.2 Å². The van der Waals surface area contributed by atoms with E-state index in [-0.39, 0.29) is 18.2 Å². The Labute approximate surface area is 253 Å². The SMILES string of the molecule is CCOc1ccc(NC(=O)CC2C(=O)N(c3ccc(C)cc3)C(=S)N2CCCN2CCN(c3ccccc3)CC2)cc1. The second kappa shape index (κ2) is 13.8. The van der Waals surface area contributed by atoms with E-state index in [0.29, 0.717) is 24.0 Å². The predicted molar refractivity (Wildman–Crippen MR) is 172 cm³/mol. The highest BCUT2D eigenvalue weighted by molar-refractivity contribution is 7.80. The average Bonchev–Trinajstić information content (AvgIpc) is 3.23. The maximum atomic E-state index is 13.7. The van der Waals surface area contributed by atoms with Gasteiger partial charge in [-0.25, -0.2) is 0 Å². The van der Waals surface area contributed by atoms with Crippen LogP contribution >= 0.6 is 12.2 Å². The van der Waals surface area contributed by atoms with Gasteiger partial charge in [-0.05, 0) is 87.6 Å². The molecule has 0 aliphatic carbocycles. The van der Waals surface area contributed by atoms with Crippen LogP contribution in [0.4, 0.5) is 17.1 Å². The van der Waals surface area contributed by atoms with Gasteiger partial charge < -0.3 is 19.9 Å². The van der Waals surface area contributed by atoms with Gasteiger partial charge in [0.15, 0.2) is 5.11 Å². The number of piperazine rings is 1. The number of rotatable bonds is 11. The lowest BCUT2D eigenvalue weighted by atomic mass is 10.1. The third kappa shape index (κ3) is 7.09. The van der Waals surface area contributed by atoms with Gasteiger partial charge in [-0.1, -0.05) is 35.9 Å². The molecule has 8 nitrogen and oxygen atoms in total. The Balaban J connectivity index is 1.22. The standard InChI is InChI=1S/C33H39N5O3S/c1-3-41-29-16-12-26(13-17-29)34-31(39)24-30-32(40)38(28-14-10-25(2)11-15-28)33(42)37(30)19-7-18-35-20-22-36(23-21-35)27-8-5-4-6-9-27/h4-6,8-17,30H,3,7,18-24H2,1-2H3,(H,34,39). The first kappa shape index (κ1) is 29.5. The Morgan fingerprint density at radius 1 is 0.905 bits per heavy atom. The molecule has 2 heterocycles. The van der Waals surface area contributed by atoms with Crippen molar-refractivity contribution in [2.24, 2.45) is 0 Å². The van der Waals surface area contributed by atoms with Gasteiger partial charge in [0.05, 0.1) is 18.7 Å². The number of thiocarbonyl (C=S) groups is 1. The molecule has 9 heteroatoms. The number of hydrogen-bond acceptors (Lipinski definition) is 6. The number of ether oxygens (including phenoxy) is 1. The summed E-state index contributed by atoms with van der Waals surface area (Å²) < 4.78 is 5.49. The van der Waals surface area contributed by atoms with Gasteiger partial charge in [0.25, 0.3) is 5.91 Å². The molecule has 2 aliphatic heterocycles. The molecule has 0 bridgehead atoms. The fourth-order valence-electron chi connectivity index (χ4n) is 5.54. The molecular weight excluding hydrogens is 546 g/mol. The molecule has 0 spiro atoms. The quantitative estimate of drug-likeness (QED) is 0.320. The van der Waals surface area contributed by atoms with Gasteiger partial charge in [0.1, 0.15) is 11.8 Å². The van der Waals surface area contributed by atoms with Crippen molar-refractivity contribution in [2.45, 2.75) is 32.7 Å². The number of nitrogens with one attached hydrogen (secondary N) is 1. The number of benzene rings is 3. The highest BCUT2D eigenvalue weighted by Crippen LogP contribution is 2.28. The van der Waals surface area contributed by atoms with Crippen molar-refractivity contribution in [3.05, 3.63) is 84.4 Å². The molecule has 220 valence electrons. The molecule has 2 aliphatic rings. The van der Waals surface area contributed by atoms with E-state index < -0.39 is 6.04 Å². The molecule has 0 saturated carbocycles. The van der Waals surface area contributed by atoms with Gasteiger partial charge >= 0.3 is 0 Å². The van der Waals surface area contributed by atoms with Crippen LogP contribution in [0.25, 0.3) is 0 Å². The summed E-state index contributed by atoms with van der Waals surface area (Å²) in [6, 6.07) is 24.9. The lowest BCUT2D eigenvalue weighted by molar-refractivity contribution is -0.124. The Morgan fingerprint density at radius 2 is 1.60 bits per heavy atom. The molecule has 0 radical (unpaired) electrons. The van der Waals surface area contributed by atoms with Crippen molar-refractivity contribution in [2.75, 3.05) is 61.0 Å². The number of anilines is 3. The Morgan fingerprint density at radius 3 is 2.26 bits per heavy atom. The molecule has 3 aromatic rings. The van der Waals surface area contributed by atoms with E-state index in [1.807, 2.05) is 61.2 Å². The smallest absolute Gasteiger partial charge is 0.256 e. The fraction of sp³-hybridized carbons (Fsp3) is 0.364. The van der Waals surface area contributed by atoms with Crippen molar-refractivity contribution < 1.29 is 14.3 Å². The van der Waals surface area contributed by atoms with Gasteiger partial charge in [0.2, 0.25) is 5.91 Å². The van der Waals surface area contributed by atoms with Crippen LogP contribution in [-0.2, 0) is 9.59 Å². The minimum absolute atomic E-state index is 0.0182. The van der Waals surface area contributed by atoms with Crippen molar-refractivity contribution in [3.63, 3.8) is 0 Å². The summed E-state index contributed by atoms with van der Waals surface area (Å²) in [6.07, 6.45) is 0.863. The first-order valence-electron chi connectivity index (χ1n) is 14.7. The maximum Gasteiger partial charge on any atom is 0.256 e. The summed E-state index contributed by atoms with van der Waals surface area (Å²) in [6.45, 7) is 9.97. The Kier molecular flexibility index (Phi) is 9.71. The summed E-state index contributed by atoms with van der Waals surface area (Å²) in [5.41, 5.74) is 3.76. The summed E-state index contributed by atoms with van der Waals surface area (Å²) in [5.74, 6) is 0.350. The van der Waals surface area contributed by atoms with Crippen LogP contribution in [0, 0.1) is 6.92 Å². The molecule has 1 unspecified atom stereocenters. The van der Waals surface area contributed by atoms with Crippen molar-refractivity contribution in [1.82, 2.24) is 9.80 Å². The van der Waals surface area contributed by atoms with Crippen LogP contribution in [0.2, 0.25) is 0 Å². The van der Waals surface area contributed by atoms with E-state index in [2.05, 4.69) is 39.4 Å². The summed E-state index contributed by atoms with van der Waals surface area (Å²) in [4.78, 5) is 35.3. The molecule has 5 rings (SSSR count). The third-order valence-corrected chi connectivity index (χ3v) is 8.22. The molecule has 1 atom stereocenters. The van der Waals surface area contributed by atoms with Crippen LogP contribution in [0.5, 0.6) is 5.75 Å². The fourth-order valence-corrected chi connectivity index (χ4v) is 5.95. The maximum absolute atomic E-state index is 13.7. The van der Waals surface area contributed by atoms with Gasteiger partial charge in [-0.2, -0.15) is 0 Å². The van der Waals surface area contributed by atoms with Crippen molar-refractivity contribution in [1.29, 1.82) is 0 Å². The molecule has 0 aromatic heterocycles. The first-order valence-corrected chi connectivity index (χ1v) is 15.1. The van der Waals surface area contributed by atoms with Crippen LogP contribution < -0.4 is 19.9 Å². The number of amides is 2. The van der Waals surface area contributed by atoms with Gasteiger partial charge in [0, 0.05) is 44.1 Å². The van der Waals surface area contributed by atoms with Crippen LogP contribution in [0.15, 0.2) is 78.9 Å². The zero-order valence-corrected chi connectivity index (χ0v) is 25.2. The highest BCUT2D eigenvalue weighted by Gasteiger charge is 2.43. The van der Waals surface area contributed by atoms with E-state index >= 15 is 0 Å². The van der Waals surface area contributed by atoms with Crippen LogP contribution in [0.3, 0.4) is 0 Å². The third-order valence-electron chi connectivity index (χ3n) is 7.81. The molecule has 42 heavy (non-hydrogen) atoms. The number of para-hydroxylation sites is 1. The molecule has 3 aromatic carbocycles. The Hall–Kier alpha value is -3.95. The molecule has 2 amide bonds. The van der Waals surface area contributed by atoms with E-state index in [1.165, 1.54) is 5.69 Å². The van der Waals surface area contributed by atoms with E-state index in [1.54, 1.807) is 17.0 Å². The van der Waals surface area contributed by atoms with Gasteiger partial charge in [-0.3, -0.25) is 19.4 Å². The number of nitrogens with zero attached hydrogens (tertiary/aromatic N) is 4. The molecule has 2 saturated heterocycles. The number of aryl methyl sites for hydroxylation is 1. The largest absolute Gasteiger partial charge is 0.494 e. The minimum Gasteiger partial charge on any atom is -0.494 e. The van der Waals surface area contributed by atoms with Crippen LogP contribution in [0.1, 0.15) is 25.3 Å². The van der Waals surface area contributed by atoms with E-state index in [0.717, 1.165) is 56.1 Å². The topological polar surface area (TPSA) is 68.4 Å². The second-order valence-electron chi connectivity index (χ2n) is 10.7. The van der Waals surface area contributed by atoms with Crippen LogP contribution in [-0.4, -0.2) is 78.6 Å². The average molecular weight is 586 g/mol. The molecule has 1 N–H and O–H groups in total. The second-order valence-corrected chi connectivity index (χ2v) is 11.1. The monoisotopic (exact) mass is 585 g/mol. The Bertz CT molecular complexity index is 1360. The lowest BCUT2D eigenvalue weighted by Crippen LogP contribution is -2.47. The number of carbonyl (C=O) groups excluding carboxylic acids is 2. The number of hydrogen-bond donors (Lipinski definition) is 1. The summed E-state index contributed by atoms with van der Waals surface area (Å²) >= 11 is 5.86. The number of carbonyl (C=O) groups is 2. The zero-order valence-electron chi connectivity index (χ0n) is 24.4. The van der Waals surface area contributed by atoms with E-state index in [9.17, 15) is 9.59 Å². The first-order chi connectivity index (χ1) is 20.4. The van der Waals surface area contributed by atoms with E-state index in [4.69, 9.17) is 17.0 Å². The molecular formula is C33H39N5O3S. The van der Waals surface area contributed by atoms with Crippen molar-refractivity contribution in [3.8, 4) is 5.75 Å². The zero-order chi connectivity index (χ0) is 29.5. The molecule has 2 fully saturated rings. The lowest BCUT2D eigenvalue weighted by Gasteiger charge is -2.36. The summed E-state index contributed by atoms with van der Waals surface area (Å²) in [5, 5.41) is 3.39. The predicted octanol–water partition coefficient (Wildman–Crippen LogP) is 4.94. The normalized spacial score (nSPS) is 17.6. The summed E-state index contributed by atoms with van der Waals surface area (Å²) in [7, 11) is 0. The highest BCUT2D eigenvalue weighted by atomic mass is 32.1.